The minimum Gasteiger partial charge on any atom is -0.211 e. The smallest absolute Gasteiger partial charge is 0.211 e. The molecule has 0 radical (unpaired) electrons. The molecule has 6 heteroatoms. The van der Waals surface area contributed by atoms with Crippen molar-refractivity contribution in [1.82, 2.24) is 4.72 Å². The molecule has 90 valence electrons. The lowest BCUT2D eigenvalue weighted by atomic mass is 10.2. The fourth-order valence-corrected chi connectivity index (χ4v) is 3.01. The third kappa shape index (κ3) is 4.16. The van der Waals surface area contributed by atoms with Gasteiger partial charge in [0.2, 0.25) is 10.0 Å². The highest BCUT2D eigenvalue weighted by Crippen LogP contribution is 2.16. The largest absolute Gasteiger partial charge is 0.240 e. The highest BCUT2D eigenvalue weighted by Gasteiger charge is 2.14. The molecule has 0 aromatic heterocycles. The summed E-state index contributed by atoms with van der Waals surface area (Å²) >= 11 is 6.56. The summed E-state index contributed by atoms with van der Waals surface area (Å²) in [5.41, 5.74) is 0. The Morgan fingerprint density at radius 1 is 1.44 bits per heavy atom. The van der Waals surface area contributed by atoms with E-state index in [2.05, 4.69) is 36.6 Å². The lowest BCUT2D eigenvalue weighted by Gasteiger charge is -2.10. The van der Waals surface area contributed by atoms with Gasteiger partial charge in [-0.3, -0.25) is 0 Å². The van der Waals surface area contributed by atoms with Gasteiger partial charge in [0.25, 0.3) is 0 Å². The molecule has 0 saturated carbocycles. The maximum atomic E-state index is 11.9. The second-order valence-electron chi connectivity index (χ2n) is 3.57. The van der Waals surface area contributed by atoms with Crippen molar-refractivity contribution in [2.24, 2.45) is 5.92 Å². The molecule has 0 aliphatic heterocycles. The molecule has 0 bridgehead atoms. The zero-order chi connectivity index (χ0) is 12.2. The van der Waals surface area contributed by atoms with Gasteiger partial charge in [0.15, 0.2) is 0 Å². The number of rotatable bonds is 5. The topological polar surface area (TPSA) is 46.2 Å². The molecule has 0 heterocycles. The van der Waals surface area contributed by atoms with E-state index in [-0.39, 0.29) is 10.8 Å². The standard InChI is InChI=1S/C10H13Br2NO2S/c1-8(6-11)7-13-16(14,15)10-4-2-3-9(12)5-10/h2-5,8,13H,6-7H2,1H3. The summed E-state index contributed by atoms with van der Waals surface area (Å²) in [6.07, 6.45) is 0. The average Bonchev–Trinajstić information content (AvgIpc) is 2.26. The first kappa shape index (κ1) is 14.2. The van der Waals surface area contributed by atoms with Gasteiger partial charge in [-0.25, -0.2) is 13.1 Å². The van der Waals surface area contributed by atoms with Gasteiger partial charge in [-0.2, -0.15) is 0 Å². The van der Waals surface area contributed by atoms with Crippen LogP contribution in [0.4, 0.5) is 0 Å². The van der Waals surface area contributed by atoms with Gasteiger partial charge in [-0.15, -0.1) is 0 Å². The summed E-state index contributed by atoms with van der Waals surface area (Å²) in [5.74, 6) is 0.266. The van der Waals surface area contributed by atoms with Crippen molar-refractivity contribution >= 4 is 41.9 Å². The predicted molar refractivity (Wildman–Crippen MR) is 72.3 cm³/mol. The molecule has 1 N–H and O–H groups in total. The van der Waals surface area contributed by atoms with Crippen molar-refractivity contribution in [1.29, 1.82) is 0 Å². The van der Waals surface area contributed by atoms with E-state index >= 15 is 0 Å². The molecule has 1 rings (SSSR count). The molecule has 1 aromatic rings. The quantitative estimate of drug-likeness (QED) is 0.810. The van der Waals surface area contributed by atoms with Gasteiger partial charge < -0.3 is 0 Å². The average molecular weight is 371 g/mol. The van der Waals surface area contributed by atoms with Crippen LogP contribution in [-0.4, -0.2) is 20.3 Å². The summed E-state index contributed by atoms with van der Waals surface area (Å²) in [4.78, 5) is 0.281. The van der Waals surface area contributed by atoms with E-state index in [9.17, 15) is 8.42 Å². The first-order chi connectivity index (χ1) is 7.45. The van der Waals surface area contributed by atoms with E-state index in [1.54, 1.807) is 24.3 Å². The Morgan fingerprint density at radius 2 is 2.12 bits per heavy atom. The zero-order valence-corrected chi connectivity index (χ0v) is 12.8. The first-order valence-electron chi connectivity index (χ1n) is 4.77. The second kappa shape index (κ2) is 6.14. The number of benzene rings is 1. The number of hydrogen-bond acceptors (Lipinski definition) is 2. The lowest BCUT2D eigenvalue weighted by Crippen LogP contribution is -2.28. The first-order valence-corrected chi connectivity index (χ1v) is 8.16. The minimum absolute atomic E-state index is 0.266. The molecular formula is C10H13Br2NO2S. The summed E-state index contributed by atoms with van der Waals surface area (Å²) in [6.45, 7) is 2.40. The Bertz CT molecular complexity index is 448. The molecule has 1 unspecified atom stereocenters. The number of nitrogens with one attached hydrogen (secondary N) is 1. The van der Waals surface area contributed by atoms with Gasteiger partial charge in [0.1, 0.15) is 0 Å². The normalized spacial score (nSPS) is 13.7. The van der Waals surface area contributed by atoms with Gasteiger partial charge in [-0.1, -0.05) is 44.8 Å². The third-order valence-electron chi connectivity index (χ3n) is 1.99. The Hall–Kier alpha value is 0.0900. The van der Waals surface area contributed by atoms with Crippen LogP contribution in [0, 0.1) is 5.92 Å². The molecule has 1 aromatic carbocycles. The lowest BCUT2D eigenvalue weighted by molar-refractivity contribution is 0.563. The molecule has 16 heavy (non-hydrogen) atoms. The molecular weight excluding hydrogens is 358 g/mol. The molecule has 0 aliphatic carbocycles. The van der Waals surface area contributed by atoms with Crippen LogP contribution in [0.2, 0.25) is 0 Å². The third-order valence-corrected chi connectivity index (χ3v) is 5.01. The van der Waals surface area contributed by atoms with E-state index in [0.29, 0.717) is 6.54 Å². The Balaban J connectivity index is 2.78. The van der Waals surface area contributed by atoms with Crippen molar-refractivity contribution in [2.45, 2.75) is 11.8 Å². The van der Waals surface area contributed by atoms with Crippen molar-refractivity contribution in [2.75, 3.05) is 11.9 Å². The van der Waals surface area contributed by atoms with Gasteiger partial charge in [0, 0.05) is 16.3 Å². The van der Waals surface area contributed by atoms with E-state index in [1.807, 2.05) is 6.92 Å². The number of sulfonamides is 1. The summed E-state index contributed by atoms with van der Waals surface area (Å²) in [6, 6.07) is 6.65. The molecule has 0 spiro atoms. The molecule has 3 nitrogen and oxygen atoms in total. The highest BCUT2D eigenvalue weighted by molar-refractivity contribution is 9.10. The monoisotopic (exact) mass is 369 g/mol. The zero-order valence-electron chi connectivity index (χ0n) is 8.78. The van der Waals surface area contributed by atoms with E-state index in [1.165, 1.54) is 0 Å². The van der Waals surface area contributed by atoms with Gasteiger partial charge >= 0.3 is 0 Å². The SMILES string of the molecule is CC(CBr)CNS(=O)(=O)c1cccc(Br)c1. The summed E-state index contributed by atoms with van der Waals surface area (Å²) in [5, 5.41) is 0.772. The van der Waals surface area contributed by atoms with Crippen LogP contribution in [0.1, 0.15) is 6.92 Å². The van der Waals surface area contributed by atoms with Crippen LogP contribution in [0.5, 0.6) is 0 Å². The number of halogens is 2. The van der Waals surface area contributed by atoms with Crippen molar-refractivity contribution in [3.05, 3.63) is 28.7 Å². The predicted octanol–water partition coefficient (Wildman–Crippen LogP) is 2.76. The van der Waals surface area contributed by atoms with Crippen molar-refractivity contribution < 1.29 is 8.42 Å². The Labute approximate surface area is 113 Å². The van der Waals surface area contributed by atoms with Crippen molar-refractivity contribution in [3.63, 3.8) is 0 Å². The van der Waals surface area contributed by atoms with E-state index < -0.39 is 10.0 Å². The van der Waals surface area contributed by atoms with E-state index in [0.717, 1.165) is 9.80 Å². The van der Waals surface area contributed by atoms with Crippen LogP contribution >= 0.6 is 31.9 Å². The van der Waals surface area contributed by atoms with Gasteiger partial charge in [-0.05, 0) is 24.1 Å². The van der Waals surface area contributed by atoms with E-state index in [4.69, 9.17) is 0 Å². The number of hydrogen-bond donors (Lipinski definition) is 1. The Kier molecular flexibility index (Phi) is 5.43. The molecule has 0 aliphatic rings. The minimum atomic E-state index is -3.39. The van der Waals surface area contributed by atoms with Crippen LogP contribution < -0.4 is 4.72 Å². The number of alkyl halides is 1. The van der Waals surface area contributed by atoms with Crippen LogP contribution in [0.3, 0.4) is 0 Å². The second-order valence-corrected chi connectivity index (χ2v) is 6.90. The highest BCUT2D eigenvalue weighted by atomic mass is 79.9. The fraction of sp³-hybridized carbons (Fsp3) is 0.400. The molecule has 0 saturated heterocycles. The molecule has 1 atom stereocenters. The summed E-state index contributed by atoms with van der Waals surface area (Å²) < 4.78 is 27.0. The maximum absolute atomic E-state index is 11.9. The van der Waals surface area contributed by atoms with Crippen LogP contribution in [0.25, 0.3) is 0 Å². The maximum Gasteiger partial charge on any atom is 0.240 e. The molecule has 0 amide bonds. The van der Waals surface area contributed by atoms with Crippen LogP contribution in [-0.2, 0) is 10.0 Å². The van der Waals surface area contributed by atoms with Crippen LogP contribution in [0.15, 0.2) is 33.6 Å². The van der Waals surface area contributed by atoms with Crippen molar-refractivity contribution in [3.8, 4) is 0 Å². The molecule has 0 fully saturated rings. The fourth-order valence-electron chi connectivity index (χ4n) is 1.02. The summed E-state index contributed by atoms with van der Waals surface area (Å²) in [7, 11) is -3.39. The Morgan fingerprint density at radius 3 is 2.69 bits per heavy atom. The van der Waals surface area contributed by atoms with Gasteiger partial charge in [0.05, 0.1) is 4.90 Å².